The first-order valence-corrected chi connectivity index (χ1v) is 9.02. The van der Waals surface area contributed by atoms with Crippen molar-refractivity contribution in [2.75, 3.05) is 18.4 Å². The molecule has 0 heterocycles. The molecule has 0 atom stereocenters. The third-order valence-corrected chi connectivity index (χ3v) is 4.29. The van der Waals surface area contributed by atoms with E-state index in [9.17, 15) is 4.79 Å². The standard InChI is InChI=1S/C23H24N2O/c26-23(25-18-16-20-11-5-2-6-12-20)21-13-7-8-14-22(21)24-17-15-19-9-3-1-4-10-19/h1-14,24H,15-18H2,(H,25,26). The van der Waals surface area contributed by atoms with Crippen LogP contribution in [0.1, 0.15) is 21.5 Å². The molecule has 26 heavy (non-hydrogen) atoms. The van der Waals surface area contributed by atoms with Crippen molar-refractivity contribution in [3.05, 3.63) is 102 Å². The Balaban J connectivity index is 1.53. The van der Waals surface area contributed by atoms with Crippen LogP contribution in [0.5, 0.6) is 0 Å². The van der Waals surface area contributed by atoms with Crippen LogP contribution in [-0.4, -0.2) is 19.0 Å². The second-order valence-corrected chi connectivity index (χ2v) is 6.20. The molecule has 0 unspecified atom stereocenters. The van der Waals surface area contributed by atoms with Gasteiger partial charge >= 0.3 is 0 Å². The highest BCUT2D eigenvalue weighted by Crippen LogP contribution is 2.15. The number of hydrogen-bond acceptors (Lipinski definition) is 2. The van der Waals surface area contributed by atoms with Crippen LogP contribution >= 0.6 is 0 Å². The van der Waals surface area contributed by atoms with Crippen molar-refractivity contribution in [2.24, 2.45) is 0 Å². The Morgan fingerprint density at radius 1 is 0.654 bits per heavy atom. The summed E-state index contributed by atoms with van der Waals surface area (Å²) in [6, 6.07) is 28.2. The first-order valence-electron chi connectivity index (χ1n) is 9.02. The number of anilines is 1. The van der Waals surface area contributed by atoms with Crippen molar-refractivity contribution in [3.8, 4) is 0 Å². The van der Waals surface area contributed by atoms with Crippen LogP contribution in [0.3, 0.4) is 0 Å². The van der Waals surface area contributed by atoms with Gasteiger partial charge in [0.05, 0.1) is 5.56 Å². The van der Waals surface area contributed by atoms with Crippen molar-refractivity contribution >= 4 is 11.6 Å². The Morgan fingerprint density at radius 2 is 1.19 bits per heavy atom. The number of nitrogens with one attached hydrogen (secondary N) is 2. The summed E-state index contributed by atoms with van der Waals surface area (Å²) in [4.78, 5) is 12.5. The fourth-order valence-electron chi connectivity index (χ4n) is 2.88. The molecular formula is C23H24N2O. The molecule has 1 amide bonds. The minimum atomic E-state index is -0.0382. The highest BCUT2D eigenvalue weighted by molar-refractivity contribution is 5.99. The van der Waals surface area contributed by atoms with Gasteiger partial charge in [-0.15, -0.1) is 0 Å². The first-order chi connectivity index (χ1) is 12.8. The molecule has 0 aliphatic carbocycles. The lowest BCUT2D eigenvalue weighted by Crippen LogP contribution is -2.26. The SMILES string of the molecule is O=C(NCCc1ccccc1)c1ccccc1NCCc1ccccc1. The second kappa shape index (κ2) is 9.42. The molecule has 0 aliphatic rings. The zero-order chi connectivity index (χ0) is 18.0. The molecule has 132 valence electrons. The summed E-state index contributed by atoms with van der Waals surface area (Å²) in [5, 5.41) is 6.41. The van der Waals surface area contributed by atoms with Crippen molar-refractivity contribution in [1.82, 2.24) is 5.32 Å². The van der Waals surface area contributed by atoms with Gasteiger partial charge in [-0.3, -0.25) is 4.79 Å². The average molecular weight is 344 g/mol. The van der Waals surface area contributed by atoms with E-state index in [2.05, 4.69) is 34.9 Å². The van der Waals surface area contributed by atoms with Crippen LogP contribution in [-0.2, 0) is 12.8 Å². The minimum Gasteiger partial charge on any atom is -0.384 e. The van der Waals surface area contributed by atoms with E-state index in [-0.39, 0.29) is 5.91 Å². The minimum absolute atomic E-state index is 0.0382. The molecule has 3 aromatic rings. The molecule has 3 nitrogen and oxygen atoms in total. The van der Waals surface area contributed by atoms with Gasteiger partial charge in [0, 0.05) is 18.8 Å². The maximum absolute atomic E-state index is 12.5. The number of carbonyl (C=O) groups excluding carboxylic acids is 1. The smallest absolute Gasteiger partial charge is 0.253 e. The van der Waals surface area contributed by atoms with Crippen LogP contribution in [0.15, 0.2) is 84.9 Å². The van der Waals surface area contributed by atoms with Crippen molar-refractivity contribution in [2.45, 2.75) is 12.8 Å². The monoisotopic (exact) mass is 344 g/mol. The molecule has 0 saturated carbocycles. The zero-order valence-corrected chi connectivity index (χ0v) is 14.8. The Bertz CT molecular complexity index is 816. The summed E-state index contributed by atoms with van der Waals surface area (Å²) in [7, 11) is 0. The van der Waals surface area contributed by atoms with Gasteiger partial charge in [-0.25, -0.2) is 0 Å². The fourth-order valence-corrected chi connectivity index (χ4v) is 2.88. The van der Waals surface area contributed by atoms with Crippen LogP contribution < -0.4 is 10.6 Å². The number of amides is 1. The van der Waals surface area contributed by atoms with Gasteiger partial charge in [-0.05, 0) is 36.1 Å². The van der Waals surface area contributed by atoms with Gasteiger partial charge in [0.25, 0.3) is 5.91 Å². The van der Waals surface area contributed by atoms with Crippen LogP contribution in [0.2, 0.25) is 0 Å². The molecule has 0 bridgehead atoms. The molecule has 0 aromatic heterocycles. The average Bonchev–Trinajstić information content (AvgIpc) is 2.70. The van der Waals surface area contributed by atoms with Gasteiger partial charge in [0.15, 0.2) is 0 Å². The summed E-state index contributed by atoms with van der Waals surface area (Å²) in [5.74, 6) is -0.0382. The molecule has 0 saturated heterocycles. The lowest BCUT2D eigenvalue weighted by Gasteiger charge is -2.12. The second-order valence-electron chi connectivity index (χ2n) is 6.20. The van der Waals surface area contributed by atoms with E-state index in [1.807, 2.05) is 60.7 Å². The topological polar surface area (TPSA) is 41.1 Å². The molecule has 0 fully saturated rings. The van der Waals surface area contributed by atoms with Gasteiger partial charge in [0.1, 0.15) is 0 Å². The third kappa shape index (κ3) is 5.21. The lowest BCUT2D eigenvalue weighted by molar-refractivity contribution is 0.0955. The number of carbonyl (C=O) groups is 1. The van der Waals surface area contributed by atoms with Crippen LogP contribution in [0.4, 0.5) is 5.69 Å². The van der Waals surface area contributed by atoms with E-state index in [1.54, 1.807) is 0 Å². The quantitative estimate of drug-likeness (QED) is 0.639. The number of para-hydroxylation sites is 1. The van der Waals surface area contributed by atoms with Gasteiger partial charge < -0.3 is 10.6 Å². The van der Waals surface area contributed by atoms with E-state index in [4.69, 9.17) is 0 Å². The summed E-state index contributed by atoms with van der Waals surface area (Å²) < 4.78 is 0. The molecule has 3 heteroatoms. The molecule has 0 radical (unpaired) electrons. The van der Waals surface area contributed by atoms with Crippen LogP contribution in [0, 0.1) is 0 Å². The highest BCUT2D eigenvalue weighted by atomic mass is 16.1. The van der Waals surface area contributed by atoms with Gasteiger partial charge in [0.2, 0.25) is 0 Å². The van der Waals surface area contributed by atoms with E-state index >= 15 is 0 Å². The molecule has 2 N–H and O–H groups in total. The van der Waals surface area contributed by atoms with E-state index in [1.165, 1.54) is 11.1 Å². The predicted molar refractivity (Wildman–Crippen MR) is 108 cm³/mol. The summed E-state index contributed by atoms with van der Waals surface area (Å²) in [6.07, 6.45) is 1.75. The Kier molecular flexibility index (Phi) is 6.43. The van der Waals surface area contributed by atoms with Crippen molar-refractivity contribution in [1.29, 1.82) is 0 Å². The fraction of sp³-hybridized carbons (Fsp3) is 0.174. The van der Waals surface area contributed by atoms with Crippen LogP contribution in [0.25, 0.3) is 0 Å². The summed E-state index contributed by atoms with van der Waals surface area (Å²) in [6.45, 7) is 1.42. The number of rotatable bonds is 8. The Labute approximate surface area is 155 Å². The van der Waals surface area contributed by atoms with E-state index in [0.717, 1.165) is 25.1 Å². The first kappa shape index (κ1) is 17.7. The van der Waals surface area contributed by atoms with E-state index in [0.29, 0.717) is 12.1 Å². The Morgan fingerprint density at radius 3 is 1.85 bits per heavy atom. The third-order valence-electron chi connectivity index (χ3n) is 4.29. The van der Waals surface area contributed by atoms with Gasteiger partial charge in [-0.1, -0.05) is 72.8 Å². The van der Waals surface area contributed by atoms with Crippen molar-refractivity contribution < 1.29 is 4.79 Å². The maximum Gasteiger partial charge on any atom is 0.253 e. The number of benzene rings is 3. The Hall–Kier alpha value is -3.07. The molecular weight excluding hydrogens is 320 g/mol. The summed E-state index contributed by atoms with van der Waals surface area (Å²) in [5.41, 5.74) is 4.07. The molecule has 0 spiro atoms. The molecule has 0 aliphatic heterocycles. The maximum atomic E-state index is 12.5. The number of hydrogen-bond donors (Lipinski definition) is 2. The highest BCUT2D eigenvalue weighted by Gasteiger charge is 2.10. The molecule has 3 rings (SSSR count). The zero-order valence-electron chi connectivity index (χ0n) is 14.8. The normalized spacial score (nSPS) is 10.3. The summed E-state index contributed by atoms with van der Waals surface area (Å²) >= 11 is 0. The van der Waals surface area contributed by atoms with E-state index < -0.39 is 0 Å². The molecule has 3 aromatic carbocycles. The largest absolute Gasteiger partial charge is 0.384 e. The van der Waals surface area contributed by atoms with Gasteiger partial charge in [-0.2, -0.15) is 0 Å². The lowest BCUT2D eigenvalue weighted by atomic mass is 10.1. The van der Waals surface area contributed by atoms with Crippen molar-refractivity contribution in [3.63, 3.8) is 0 Å². The predicted octanol–water partition coefficient (Wildman–Crippen LogP) is 4.31.